The van der Waals surface area contributed by atoms with Crippen molar-refractivity contribution in [1.29, 1.82) is 0 Å². The van der Waals surface area contributed by atoms with Crippen molar-refractivity contribution >= 4 is 12.1 Å². The summed E-state index contributed by atoms with van der Waals surface area (Å²) in [5.41, 5.74) is -1.33. The zero-order valence-electron chi connectivity index (χ0n) is 14.8. The Balaban J connectivity index is 2.84. The molecule has 0 N–H and O–H groups in total. The molecule has 1 saturated heterocycles. The first-order chi connectivity index (χ1) is 9.98. The molecule has 0 spiro atoms. The van der Waals surface area contributed by atoms with Crippen LogP contribution in [-0.4, -0.2) is 47.5 Å². The van der Waals surface area contributed by atoms with Gasteiger partial charge in [0.05, 0.1) is 25.7 Å². The van der Waals surface area contributed by atoms with Crippen LogP contribution >= 0.6 is 0 Å². The normalized spacial score (nSPS) is 22.3. The molecule has 2 atom stereocenters. The molecule has 0 unspecified atom stereocenters. The summed E-state index contributed by atoms with van der Waals surface area (Å²) in [5.74, 6) is -0.336. The Kier molecular flexibility index (Phi) is 5.84. The van der Waals surface area contributed by atoms with Gasteiger partial charge in [-0.3, -0.25) is 9.69 Å². The molecule has 6 nitrogen and oxygen atoms in total. The Hall–Kier alpha value is -1.30. The summed E-state index contributed by atoms with van der Waals surface area (Å²) in [6.07, 6.45) is -0.173. The van der Waals surface area contributed by atoms with Crippen molar-refractivity contribution in [2.45, 2.75) is 72.3 Å². The molecule has 1 rings (SSSR count). The van der Waals surface area contributed by atoms with Crippen molar-refractivity contribution in [3.8, 4) is 0 Å². The number of carbonyl (C=O) groups excluding carboxylic acids is 2. The third-order valence-electron chi connectivity index (χ3n) is 3.56. The van der Waals surface area contributed by atoms with Crippen LogP contribution in [0.1, 0.15) is 54.9 Å². The van der Waals surface area contributed by atoms with Crippen molar-refractivity contribution < 1.29 is 23.8 Å². The number of carbonyl (C=O) groups is 2. The lowest BCUT2D eigenvalue weighted by Crippen LogP contribution is -2.51. The van der Waals surface area contributed by atoms with Gasteiger partial charge in [-0.25, -0.2) is 4.79 Å². The number of nitrogens with zero attached hydrogens (tertiary/aromatic N) is 1. The molecule has 22 heavy (non-hydrogen) atoms. The predicted molar refractivity (Wildman–Crippen MR) is 82.3 cm³/mol. The summed E-state index contributed by atoms with van der Waals surface area (Å²) in [7, 11) is 0. The van der Waals surface area contributed by atoms with Gasteiger partial charge in [-0.15, -0.1) is 0 Å². The van der Waals surface area contributed by atoms with Gasteiger partial charge >= 0.3 is 12.1 Å². The highest BCUT2D eigenvalue weighted by Crippen LogP contribution is 2.33. The van der Waals surface area contributed by atoms with Crippen LogP contribution in [-0.2, 0) is 19.0 Å². The molecule has 1 amide bonds. The summed E-state index contributed by atoms with van der Waals surface area (Å²) < 4.78 is 16.2. The molecule has 0 aromatic rings. The zero-order valence-corrected chi connectivity index (χ0v) is 14.8. The number of amides is 1. The Morgan fingerprint density at radius 1 is 1.36 bits per heavy atom. The van der Waals surface area contributed by atoms with E-state index in [1.165, 1.54) is 0 Å². The maximum Gasteiger partial charge on any atom is 0.412 e. The van der Waals surface area contributed by atoms with E-state index in [0.717, 1.165) is 0 Å². The highest BCUT2D eigenvalue weighted by molar-refractivity contribution is 5.71. The molecule has 6 heteroatoms. The van der Waals surface area contributed by atoms with Gasteiger partial charge in [-0.05, 0) is 47.5 Å². The average molecular weight is 315 g/mol. The fraction of sp³-hybridized carbons (Fsp3) is 0.875. The van der Waals surface area contributed by atoms with E-state index in [4.69, 9.17) is 14.2 Å². The molecule has 1 fully saturated rings. The second kappa shape index (κ2) is 6.86. The molecular weight excluding hydrogens is 286 g/mol. The van der Waals surface area contributed by atoms with E-state index in [-0.39, 0.29) is 24.3 Å². The topological polar surface area (TPSA) is 65.1 Å². The number of hydrogen-bond donors (Lipinski definition) is 0. The van der Waals surface area contributed by atoms with Gasteiger partial charge in [0.1, 0.15) is 11.3 Å². The number of ether oxygens (including phenoxy) is 3. The Labute approximate surface area is 133 Å². The smallest absolute Gasteiger partial charge is 0.412 e. The van der Waals surface area contributed by atoms with Gasteiger partial charge in [0.25, 0.3) is 0 Å². The summed E-state index contributed by atoms with van der Waals surface area (Å²) in [5, 5.41) is 0. The third-order valence-corrected chi connectivity index (χ3v) is 3.56. The molecule has 128 valence electrons. The third kappa shape index (κ3) is 4.87. The van der Waals surface area contributed by atoms with Gasteiger partial charge in [-0.2, -0.15) is 0 Å². The Bertz CT molecular complexity index is 413. The zero-order chi connectivity index (χ0) is 17.1. The van der Waals surface area contributed by atoms with E-state index in [1.807, 2.05) is 41.5 Å². The van der Waals surface area contributed by atoms with E-state index in [9.17, 15) is 9.59 Å². The molecule has 1 aliphatic rings. The van der Waals surface area contributed by atoms with E-state index in [1.54, 1.807) is 11.8 Å². The van der Waals surface area contributed by atoms with Crippen LogP contribution in [0.5, 0.6) is 0 Å². The lowest BCUT2D eigenvalue weighted by atomic mass is 9.97. The molecule has 0 aromatic heterocycles. The number of hydrogen-bond acceptors (Lipinski definition) is 5. The van der Waals surface area contributed by atoms with Crippen LogP contribution in [0.3, 0.4) is 0 Å². The maximum atomic E-state index is 12.5. The van der Waals surface area contributed by atoms with E-state index < -0.39 is 17.4 Å². The minimum atomic E-state index is -0.754. The fourth-order valence-corrected chi connectivity index (χ4v) is 2.54. The van der Waals surface area contributed by atoms with Gasteiger partial charge < -0.3 is 14.2 Å². The summed E-state index contributed by atoms with van der Waals surface area (Å²) in [6.45, 7) is 13.6. The SMILES string of the molecule is CCOC(=O)C[C@@H](C)[C@H]1COC(C)(C)N1C(=O)OC(C)(C)C. The van der Waals surface area contributed by atoms with Crippen LogP contribution < -0.4 is 0 Å². The van der Waals surface area contributed by atoms with E-state index in [0.29, 0.717) is 13.2 Å². The molecule has 0 bridgehead atoms. The Morgan fingerprint density at radius 3 is 2.45 bits per heavy atom. The first-order valence-electron chi connectivity index (χ1n) is 7.80. The highest BCUT2D eigenvalue weighted by Gasteiger charge is 2.47. The molecule has 0 aromatic carbocycles. The lowest BCUT2D eigenvalue weighted by Gasteiger charge is -2.36. The molecule has 0 radical (unpaired) electrons. The van der Waals surface area contributed by atoms with Crippen molar-refractivity contribution in [3.63, 3.8) is 0 Å². The molecule has 0 aliphatic carbocycles. The predicted octanol–water partition coefficient (Wildman–Crippen LogP) is 2.95. The monoisotopic (exact) mass is 315 g/mol. The van der Waals surface area contributed by atoms with Crippen LogP contribution in [0, 0.1) is 5.92 Å². The Morgan fingerprint density at radius 2 is 1.95 bits per heavy atom. The first kappa shape index (κ1) is 18.7. The van der Waals surface area contributed by atoms with Crippen molar-refractivity contribution in [3.05, 3.63) is 0 Å². The highest BCUT2D eigenvalue weighted by atomic mass is 16.6. The van der Waals surface area contributed by atoms with Gasteiger partial charge in [0.2, 0.25) is 0 Å². The van der Waals surface area contributed by atoms with Crippen LogP contribution in [0.25, 0.3) is 0 Å². The molecular formula is C16H29NO5. The molecule has 0 saturated carbocycles. The van der Waals surface area contributed by atoms with Crippen molar-refractivity contribution in [1.82, 2.24) is 4.90 Å². The standard InChI is InChI=1S/C16H29NO5/c1-8-20-13(18)9-11(2)12-10-21-16(6,7)17(12)14(19)22-15(3,4)5/h11-12H,8-10H2,1-7H3/t11-,12-/m1/s1. The van der Waals surface area contributed by atoms with Gasteiger partial charge in [-0.1, -0.05) is 6.92 Å². The van der Waals surface area contributed by atoms with Gasteiger partial charge in [0.15, 0.2) is 0 Å². The van der Waals surface area contributed by atoms with Crippen LogP contribution in [0.4, 0.5) is 4.79 Å². The lowest BCUT2D eigenvalue weighted by molar-refractivity contribution is -0.144. The first-order valence-corrected chi connectivity index (χ1v) is 7.80. The average Bonchev–Trinajstić information content (AvgIpc) is 2.62. The van der Waals surface area contributed by atoms with Crippen LogP contribution in [0.2, 0.25) is 0 Å². The van der Waals surface area contributed by atoms with Gasteiger partial charge in [0, 0.05) is 0 Å². The summed E-state index contributed by atoms with van der Waals surface area (Å²) >= 11 is 0. The summed E-state index contributed by atoms with van der Waals surface area (Å²) in [6, 6.07) is -0.214. The maximum absolute atomic E-state index is 12.5. The number of esters is 1. The van der Waals surface area contributed by atoms with Crippen molar-refractivity contribution in [2.75, 3.05) is 13.2 Å². The molecule has 1 heterocycles. The minimum Gasteiger partial charge on any atom is -0.466 e. The van der Waals surface area contributed by atoms with E-state index >= 15 is 0 Å². The van der Waals surface area contributed by atoms with Crippen LogP contribution in [0.15, 0.2) is 0 Å². The van der Waals surface area contributed by atoms with Crippen molar-refractivity contribution in [2.24, 2.45) is 5.92 Å². The second-order valence-electron chi connectivity index (χ2n) is 7.16. The quantitative estimate of drug-likeness (QED) is 0.746. The second-order valence-corrected chi connectivity index (χ2v) is 7.16. The number of rotatable bonds is 4. The van der Waals surface area contributed by atoms with E-state index in [2.05, 4.69) is 0 Å². The molecule has 1 aliphatic heterocycles. The largest absolute Gasteiger partial charge is 0.466 e. The summed E-state index contributed by atoms with van der Waals surface area (Å²) in [4.78, 5) is 25.8. The fourth-order valence-electron chi connectivity index (χ4n) is 2.54. The minimum absolute atomic E-state index is 0.0756.